The Kier molecular flexibility index (Phi) is 5.90. The van der Waals surface area contributed by atoms with Crippen LogP contribution in [0, 0.1) is 50.2 Å². The molecule has 0 heterocycles. The highest BCUT2D eigenvalue weighted by Gasteiger charge is 2.71. The van der Waals surface area contributed by atoms with Crippen molar-refractivity contribution in [2.24, 2.45) is 50.2 Å². The van der Waals surface area contributed by atoms with Crippen molar-refractivity contribution in [3.8, 4) is 0 Å². The summed E-state index contributed by atoms with van der Waals surface area (Å²) in [6.45, 7) is 10.4. The fourth-order valence-electron chi connectivity index (χ4n) is 10.8. The third-order valence-electron chi connectivity index (χ3n) is 13.4. The maximum Gasteiger partial charge on any atom is 0.310 e. The Morgan fingerprint density at radius 1 is 0.892 bits per heavy atom. The van der Waals surface area contributed by atoms with Crippen LogP contribution < -0.4 is 0 Å². The van der Waals surface area contributed by atoms with Crippen LogP contribution in [0.2, 0.25) is 0 Å². The lowest BCUT2D eigenvalue weighted by Crippen LogP contribution is -2.68. The number of allylic oxidation sites excluding steroid dienone is 2. The molecule has 5 rings (SSSR count). The molecule has 11 unspecified atom stereocenters. The third-order valence-corrected chi connectivity index (χ3v) is 13.4. The van der Waals surface area contributed by atoms with Gasteiger partial charge in [0.1, 0.15) is 0 Å². The molecular weight excluding hydrogens is 472 g/mol. The van der Waals surface area contributed by atoms with E-state index in [1.165, 1.54) is 0 Å². The van der Waals surface area contributed by atoms with E-state index >= 15 is 0 Å². The van der Waals surface area contributed by atoms with Crippen LogP contribution >= 0.6 is 0 Å². The summed E-state index contributed by atoms with van der Waals surface area (Å²) in [6.07, 6.45) is 5.76. The van der Waals surface area contributed by atoms with Crippen molar-refractivity contribution in [3.63, 3.8) is 0 Å². The van der Waals surface area contributed by atoms with Gasteiger partial charge in [0.2, 0.25) is 0 Å². The molecule has 0 bridgehead atoms. The summed E-state index contributed by atoms with van der Waals surface area (Å²) in [5.41, 5.74) is -2.21. The quantitative estimate of drug-likeness (QED) is 0.353. The number of rotatable bonds is 3. The van der Waals surface area contributed by atoms with Crippen LogP contribution in [0.3, 0.4) is 0 Å². The molecule has 0 amide bonds. The van der Waals surface area contributed by atoms with Gasteiger partial charge in [0.25, 0.3) is 0 Å². The van der Waals surface area contributed by atoms with Gasteiger partial charge in [0.05, 0.1) is 29.6 Å². The molecule has 0 saturated heterocycles. The zero-order chi connectivity index (χ0) is 27.4. The lowest BCUT2D eigenvalue weighted by Gasteiger charge is -2.71. The number of hydrogen-bond acceptors (Lipinski definition) is 5. The van der Waals surface area contributed by atoms with E-state index in [0.717, 1.165) is 31.3 Å². The number of carboxylic acid groups (broad SMARTS) is 2. The number of fused-ring (bicyclic) bond motifs is 7. The molecule has 0 aromatic carbocycles. The number of aliphatic hydroxyl groups excluding tert-OH is 3. The summed E-state index contributed by atoms with van der Waals surface area (Å²) < 4.78 is 0. The van der Waals surface area contributed by atoms with Gasteiger partial charge in [-0.15, -0.1) is 0 Å². The number of aliphatic carboxylic acids is 2. The molecule has 0 aromatic rings. The van der Waals surface area contributed by atoms with Crippen molar-refractivity contribution < 1.29 is 35.1 Å². The van der Waals surface area contributed by atoms with E-state index in [9.17, 15) is 35.1 Å². The largest absolute Gasteiger partial charge is 0.481 e. The number of carbonyl (C=O) groups is 2. The highest BCUT2D eigenvalue weighted by Crippen LogP contribution is 2.75. The minimum atomic E-state index is -0.966. The zero-order valence-electron chi connectivity index (χ0n) is 23.1. The van der Waals surface area contributed by atoms with Gasteiger partial charge in [0.15, 0.2) is 0 Å². The minimum Gasteiger partial charge on any atom is -0.481 e. The van der Waals surface area contributed by atoms with E-state index in [2.05, 4.69) is 26.8 Å². The number of aliphatic hydroxyl groups is 3. The molecule has 11 atom stereocenters. The fourth-order valence-corrected chi connectivity index (χ4v) is 10.8. The molecule has 0 radical (unpaired) electrons. The van der Waals surface area contributed by atoms with Gasteiger partial charge in [-0.2, -0.15) is 0 Å². The molecule has 5 aliphatic rings. The maximum absolute atomic E-state index is 12.8. The van der Waals surface area contributed by atoms with E-state index in [-0.39, 0.29) is 40.6 Å². The average Bonchev–Trinajstić information content (AvgIpc) is 2.82. The Bertz CT molecular complexity index is 1040. The highest BCUT2D eigenvalue weighted by molar-refractivity contribution is 5.79. The monoisotopic (exact) mass is 518 g/mol. The Balaban J connectivity index is 1.61. The van der Waals surface area contributed by atoms with Crippen molar-refractivity contribution >= 4 is 11.9 Å². The molecule has 37 heavy (non-hydrogen) atoms. The molecule has 4 saturated carbocycles. The predicted molar refractivity (Wildman–Crippen MR) is 137 cm³/mol. The summed E-state index contributed by atoms with van der Waals surface area (Å²) in [5.74, 6) is -1.67. The molecule has 0 spiro atoms. The molecule has 0 aromatic heterocycles. The smallest absolute Gasteiger partial charge is 0.310 e. The number of hydrogen-bond donors (Lipinski definition) is 5. The standard InChI is InChI=1S/C30H46O7/c1-25(23(34)35)10-12-30(24(36)37)13-11-28(4)17(18(30)14-25)6-7-21-26(2)15-19(32)22(33)27(3,16-31)20(26)8-9-29(21,28)5/h6,18-22,31-33H,7-16H2,1-5H3,(H,34,35)(H,36,37). The van der Waals surface area contributed by atoms with Crippen LogP contribution in [0.4, 0.5) is 0 Å². The van der Waals surface area contributed by atoms with Gasteiger partial charge in [-0.25, -0.2) is 0 Å². The van der Waals surface area contributed by atoms with E-state index in [0.29, 0.717) is 32.1 Å². The summed E-state index contributed by atoms with van der Waals surface area (Å²) in [6, 6.07) is 0. The van der Waals surface area contributed by atoms with E-state index < -0.39 is 40.4 Å². The second-order valence-corrected chi connectivity index (χ2v) is 14.8. The van der Waals surface area contributed by atoms with Crippen LogP contribution in [0.15, 0.2) is 11.6 Å². The first-order chi connectivity index (χ1) is 17.1. The van der Waals surface area contributed by atoms with Crippen molar-refractivity contribution in [2.75, 3.05) is 6.61 Å². The zero-order valence-corrected chi connectivity index (χ0v) is 23.1. The minimum absolute atomic E-state index is 0.0618. The predicted octanol–water partition coefficient (Wildman–Crippen LogP) is 4.24. The van der Waals surface area contributed by atoms with Crippen LogP contribution in [-0.2, 0) is 9.59 Å². The molecule has 4 fully saturated rings. The first-order valence-electron chi connectivity index (χ1n) is 14.2. The molecule has 0 aliphatic heterocycles. The summed E-state index contributed by atoms with van der Waals surface area (Å²) in [5, 5.41) is 52.9. The van der Waals surface area contributed by atoms with Crippen LogP contribution in [0.1, 0.15) is 92.4 Å². The molecule has 5 aliphatic carbocycles. The van der Waals surface area contributed by atoms with E-state index in [4.69, 9.17) is 0 Å². The van der Waals surface area contributed by atoms with Gasteiger partial charge >= 0.3 is 11.9 Å². The first-order valence-corrected chi connectivity index (χ1v) is 14.2. The van der Waals surface area contributed by atoms with Crippen LogP contribution in [0.25, 0.3) is 0 Å². The van der Waals surface area contributed by atoms with Gasteiger partial charge in [0, 0.05) is 5.41 Å². The Hall–Kier alpha value is -1.44. The van der Waals surface area contributed by atoms with Crippen LogP contribution in [-0.4, -0.2) is 56.3 Å². The lowest BCUT2D eigenvalue weighted by atomic mass is 9.33. The SMILES string of the molecule is CC1(C(=O)O)CCC2(C(=O)O)CCC3(C)C(=CCC4C5(C)CC(O)C(O)C(C)(CO)C5CCC43C)C2C1. The topological polar surface area (TPSA) is 135 Å². The van der Waals surface area contributed by atoms with Gasteiger partial charge < -0.3 is 25.5 Å². The molecule has 7 heteroatoms. The van der Waals surface area contributed by atoms with E-state index in [1.54, 1.807) is 6.92 Å². The summed E-state index contributed by atoms with van der Waals surface area (Å²) in [7, 11) is 0. The molecule has 208 valence electrons. The number of carboxylic acids is 2. The second kappa shape index (κ2) is 8.04. The van der Waals surface area contributed by atoms with Gasteiger partial charge in [-0.3, -0.25) is 9.59 Å². The van der Waals surface area contributed by atoms with Crippen molar-refractivity contribution in [1.29, 1.82) is 0 Å². The average molecular weight is 519 g/mol. The normalized spacial score (nSPS) is 55.1. The lowest BCUT2D eigenvalue weighted by molar-refractivity contribution is -0.243. The molecule has 7 nitrogen and oxygen atoms in total. The van der Waals surface area contributed by atoms with Crippen LogP contribution in [0.5, 0.6) is 0 Å². The van der Waals surface area contributed by atoms with Crippen molar-refractivity contribution in [1.82, 2.24) is 0 Å². The Labute approximate surface area is 220 Å². The molecule has 5 N–H and O–H groups in total. The Morgan fingerprint density at radius 2 is 1.54 bits per heavy atom. The molecular formula is C30H46O7. The van der Waals surface area contributed by atoms with Crippen molar-refractivity contribution in [3.05, 3.63) is 11.6 Å². The highest BCUT2D eigenvalue weighted by atomic mass is 16.4. The van der Waals surface area contributed by atoms with Gasteiger partial charge in [-0.1, -0.05) is 39.3 Å². The fraction of sp³-hybridized carbons (Fsp3) is 0.867. The first kappa shape index (κ1) is 27.1. The third kappa shape index (κ3) is 3.17. The van der Waals surface area contributed by atoms with Crippen molar-refractivity contribution in [2.45, 2.75) is 105 Å². The van der Waals surface area contributed by atoms with E-state index in [1.807, 2.05) is 6.92 Å². The maximum atomic E-state index is 12.8. The second-order valence-electron chi connectivity index (χ2n) is 14.8. The Morgan fingerprint density at radius 3 is 2.14 bits per heavy atom. The summed E-state index contributed by atoms with van der Waals surface area (Å²) in [4.78, 5) is 25.1. The van der Waals surface area contributed by atoms with Gasteiger partial charge in [-0.05, 0) is 98.7 Å². The summed E-state index contributed by atoms with van der Waals surface area (Å²) >= 11 is 0.